The van der Waals surface area contributed by atoms with E-state index < -0.39 is 0 Å². The standard InChI is InChI=1S/C14H21N5O/c1-3-4-9-20-10-8-19-14(16-17-18-19)12-7-5-6-11(2)13(12)15/h5-7H,3-4,8-10,15H2,1-2H3. The highest BCUT2D eigenvalue weighted by Gasteiger charge is 2.12. The molecule has 0 saturated carbocycles. The molecule has 2 aromatic rings. The van der Waals surface area contributed by atoms with Crippen LogP contribution in [0.2, 0.25) is 0 Å². The van der Waals surface area contributed by atoms with Crippen LogP contribution >= 0.6 is 0 Å². The van der Waals surface area contributed by atoms with E-state index in [0.29, 0.717) is 19.0 Å². The van der Waals surface area contributed by atoms with Gasteiger partial charge in [0.2, 0.25) is 0 Å². The Morgan fingerprint density at radius 3 is 2.95 bits per heavy atom. The molecule has 1 aromatic heterocycles. The number of tetrazole rings is 1. The maximum Gasteiger partial charge on any atom is 0.184 e. The number of para-hydroxylation sites is 1. The minimum Gasteiger partial charge on any atom is -0.398 e. The fourth-order valence-electron chi connectivity index (χ4n) is 1.92. The Kier molecular flexibility index (Phi) is 5.06. The number of aryl methyl sites for hydroxylation is 1. The van der Waals surface area contributed by atoms with Gasteiger partial charge in [-0.1, -0.05) is 25.5 Å². The molecule has 0 radical (unpaired) electrons. The molecule has 0 atom stereocenters. The van der Waals surface area contributed by atoms with Gasteiger partial charge in [0.25, 0.3) is 0 Å². The summed E-state index contributed by atoms with van der Waals surface area (Å²) in [6, 6.07) is 5.86. The molecule has 1 aromatic carbocycles. The van der Waals surface area contributed by atoms with Crippen LogP contribution < -0.4 is 5.73 Å². The van der Waals surface area contributed by atoms with Gasteiger partial charge in [0.1, 0.15) is 0 Å². The van der Waals surface area contributed by atoms with Crippen molar-refractivity contribution in [2.24, 2.45) is 0 Å². The Morgan fingerprint density at radius 2 is 2.15 bits per heavy atom. The Bertz CT molecular complexity index is 552. The van der Waals surface area contributed by atoms with Gasteiger partial charge in [-0.25, -0.2) is 4.68 Å². The highest BCUT2D eigenvalue weighted by molar-refractivity contribution is 5.73. The largest absolute Gasteiger partial charge is 0.398 e. The van der Waals surface area contributed by atoms with Crippen LogP contribution in [0.1, 0.15) is 25.3 Å². The van der Waals surface area contributed by atoms with Gasteiger partial charge in [-0.05, 0) is 35.4 Å². The summed E-state index contributed by atoms with van der Waals surface area (Å²) in [6.07, 6.45) is 2.21. The summed E-state index contributed by atoms with van der Waals surface area (Å²) in [5, 5.41) is 11.8. The smallest absolute Gasteiger partial charge is 0.184 e. The van der Waals surface area contributed by atoms with Gasteiger partial charge in [-0.3, -0.25) is 0 Å². The van der Waals surface area contributed by atoms with Crippen LogP contribution in [0.3, 0.4) is 0 Å². The number of rotatable bonds is 7. The number of anilines is 1. The van der Waals surface area contributed by atoms with Crippen molar-refractivity contribution in [2.75, 3.05) is 18.9 Å². The zero-order valence-electron chi connectivity index (χ0n) is 12.0. The Labute approximate surface area is 118 Å². The number of nitrogens with two attached hydrogens (primary N) is 1. The summed E-state index contributed by atoms with van der Waals surface area (Å²) in [5.74, 6) is 0.685. The molecule has 1 heterocycles. The van der Waals surface area contributed by atoms with Crippen molar-refractivity contribution in [3.05, 3.63) is 23.8 Å². The number of aromatic nitrogens is 4. The first-order valence-electron chi connectivity index (χ1n) is 6.93. The van der Waals surface area contributed by atoms with E-state index in [9.17, 15) is 0 Å². The van der Waals surface area contributed by atoms with Crippen LogP contribution in [-0.2, 0) is 11.3 Å². The fourth-order valence-corrected chi connectivity index (χ4v) is 1.92. The van der Waals surface area contributed by atoms with E-state index in [-0.39, 0.29) is 0 Å². The molecule has 2 N–H and O–H groups in total. The summed E-state index contributed by atoms with van der Waals surface area (Å²) >= 11 is 0. The third-order valence-corrected chi connectivity index (χ3v) is 3.19. The lowest BCUT2D eigenvalue weighted by Gasteiger charge is -2.09. The van der Waals surface area contributed by atoms with Gasteiger partial charge >= 0.3 is 0 Å². The predicted molar refractivity (Wildman–Crippen MR) is 78.1 cm³/mol. The average Bonchev–Trinajstić information content (AvgIpc) is 2.90. The van der Waals surface area contributed by atoms with E-state index in [0.717, 1.165) is 36.3 Å². The van der Waals surface area contributed by atoms with Crippen molar-refractivity contribution in [3.63, 3.8) is 0 Å². The minimum atomic E-state index is 0.601. The van der Waals surface area contributed by atoms with E-state index >= 15 is 0 Å². The van der Waals surface area contributed by atoms with E-state index in [2.05, 4.69) is 22.4 Å². The van der Waals surface area contributed by atoms with Crippen molar-refractivity contribution in [1.29, 1.82) is 0 Å². The molecule has 0 fully saturated rings. The first kappa shape index (κ1) is 14.5. The second kappa shape index (κ2) is 7.00. The third kappa shape index (κ3) is 3.33. The van der Waals surface area contributed by atoms with Crippen LogP contribution in [0.25, 0.3) is 11.4 Å². The number of benzene rings is 1. The van der Waals surface area contributed by atoms with E-state index in [1.807, 2.05) is 25.1 Å². The van der Waals surface area contributed by atoms with Crippen molar-refractivity contribution in [2.45, 2.75) is 33.2 Å². The summed E-state index contributed by atoms with van der Waals surface area (Å²) in [7, 11) is 0. The quantitative estimate of drug-likeness (QED) is 0.618. The molecule has 2 rings (SSSR count). The molecule has 0 aliphatic heterocycles. The predicted octanol–water partition coefficient (Wildman–Crippen LogP) is 2.05. The van der Waals surface area contributed by atoms with Crippen molar-refractivity contribution >= 4 is 5.69 Å². The maximum atomic E-state index is 6.10. The molecular formula is C14H21N5O. The summed E-state index contributed by atoms with van der Waals surface area (Å²) < 4.78 is 7.28. The number of hydrogen-bond acceptors (Lipinski definition) is 5. The Hall–Kier alpha value is -1.95. The normalized spacial score (nSPS) is 10.9. The Balaban J connectivity index is 2.06. The van der Waals surface area contributed by atoms with E-state index in [4.69, 9.17) is 10.5 Å². The molecule has 6 nitrogen and oxygen atoms in total. The van der Waals surface area contributed by atoms with Crippen molar-refractivity contribution in [1.82, 2.24) is 20.2 Å². The number of ether oxygens (including phenoxy) is 1. The summed E-state index contributed by atoms with van der Waals surface area (Å²) in [4.78, 5) is 0. The molecule has 0 amide bonds. The Morgan fingerprint density at radius 1 is 1.30 bits per heavy atom. The van der Waals surface area contributed by atoms with Crippen LogP contribution in [0.5, 0.6) is 0 Å². The van der Waals surface area contributed by atoms with Crippen LogP contribution in [-0.4, -0.2) is 33.4 Å². The van der Waals surface area contributed by atoms with Crippen LogP contribution in [0.4, 0.5) is 5.69 Å². The maximum absolute atomic E-state index is 6.10. The molecule has 0 saturated heterocycles. The second-order valence-corrected chi connectivity index (χ2v) is 4.73. The highest BCUT2D eigenvalue weighted by atomic mass is 16.5. The zero-order valence-corrected chi connectivity index (χ0v) is 12.0. The number of nitrogens with zero attached hydrogens (tertiary/aromatic N) is 4. The number of hydrogen-bond donors (Lipinski definition) is 1. The lowest BCUT2D eigenvalue weighted by Crippen LogP contribution is -2.10. The van der Waals surface area contributed by atoms with Crippen molar-refractivity contribution in [3.8, 4) is 11.4 Å². The lowest BCUT2D eigenvalue weighted by molar-refractivity contribution is 0.121. The second-order valence-electron chi connectivity index (χ2n) is 4.73. The lowest BCUT2D eigenvalue weighted by atomic mass is 10.1. The zero-order chi connectivity index (χ0) is 14.4. The number of unbranched alkanes of at least 4 members (excludes halogenated alkanes) is 1. The minimum absolute atomic E-state index is 0.601. The third-order valence-electron chi connectivity index (χ3n) is 3.19. The number of nitrogen functional groups attached to an aromatic ring is 1. The van der Waals surface area contributed by atoms with E-state index in [1.54, 1.807) is 4.68 Å². The summed E-state index contributed by atoms with van der Waals surface area (Å²) in [5.41, 5.74) is 8.70. The van der Waals surface area contributed by atoms with Crippen LogP contribution in [0.15, 0.2) is 18.2 Å². The molecule has 0 bridgehead atoms. The first-order valence-corrected chi connectivity index (χ1v) is 6.93. The molecule has 0 spiro atoms. The molecule has 108 valence electrons. The SMILES string of the molecule is CCCCOCCn1nnnc1-c1cccc(C)c1N. The molecule has 0 aliphatic carbocycles. The van der Waals surface area contributed by atoms with Crippen molar-refractivity contribution < 1.29 is 4.74 Å². The summed E-state index contributed by atoms with van der Waals surface area (Å²) in [6.45, 7) is 6.12. The highest BCUT2D eigenvalue weighted by Crippen LogP contribution is 2.25. The van der Waals surface area contributed by atoms with Gasteiger partial charge in [0, 0.05) is 17.9 Å². The molecule has 20 heavy (non-hydrogen) atoms. The first-order chi connectivity index (χ1) is 9.74. The van der Waals surface area contributed by atoms with Gasteiger partial charge < -0.3 is 10.5 Å². The monoisotopic (exact) mass is 275 g/mol. The van der Waals surface area contributed by atoms with Gasteiger partial charge in [0.05, 0.1) is 13.2 Å². The molecular weight excluding hydrogens is 254 g/mol. The molecule has 0 aliphatic rings. The average molecular weight is 275 g/mol. The van der Waals surface area contributed by atoms with Crippen LogP contribution in [0, 0.1) is 6.92 Å². The van der Waals surface area contributed by atoms with Gasteiger partial charge in [0.15, 0.2) is 5.82 Å². The van der Waals surface area contributed by atoms with Gasteiger partial charge in [-0.2, -0.15) is 0 Å². The van der Waals surface area contributed by atoms with E-state index in [1.165, 1.54) is 0 Å². The van der Waals surface area contributed by atoms with Gasteiger partial charge in [-0.15, -0.1) is 5.10 Å². The molecule has 0 unspecified atom stereocenters. The fraction of sp³-hybridized carbons (Fsp3) is 0.500. The topological polar surface area (TPSA) is 78.8 Å². The molecule has 6 heteroatoms.